The first kappa shape index (κ1) is 28.8. The van der Waals surface area contributed by atoms with Crippen molar-refractivity contribution in [2.75, 3.05) is 33.8 Å². The lowest BCUT2D eigenvalue weighted by molar-refractivity contribution is -0.149. The molecule has 0 unspecified atom stereocenters. The first-order chi connectivity index (χ1) is 19.7. The van der Waals surface area contributed by atoms with Gasteiger partial charge >= 0.3 is 5.97 Å². The van der Waals surface area contributed by atoms with Crippen molar-refractivity contribution < 1.29 is 22.7 Å². The number of aliphatic imine (C=N–C) groups is 1. The maximum absolute atomic E-state index is 13.0. The average molecular weight is 594 g/mol. The maximum atomic E-state index is 13.0. The maximum Gasteiger partial charge on any atom is 0.309 e. The summed E-state index contributed by atoms with van der Waals surface area (Å²) >= 11 is 1.29. The van der Waals surface area contributed by atoms with E-state index in [0.717, 1.165) is 5.69 Å². The minimum Gasteiger partial charge on any atom is -0.466 e. The van der Waals surface area contributed by atoms with Gasteiger partial charge in [0.15, 0.2) is 5.17 Å². The Labute approximate surface area is 243 Å². The van der Waals surface area contributed by atoms with Gasteiger partial charge in [0.1, 0.15) is 5.69 Å². The molecule has 1 aromatic heterocycles. The molecule has 10 nitrogen and oxygen atoms in total. The van der Waals surface area contributed by atoms with E-state index < -0.39 is 10.0 Å². The van der Waals surface area contributed by atoms with Gasteiger partial charge in [-0.25, -0.2) is 17.4 Å². The summed E-state index contributed by atoms with van der Waals surface area (Å²) in [5, 5.41) is 5.40. The molecule has 0 bridgehead atoms. The molecule has 3 aromatic rings. The van der Waals surface area contributed by atoms with Gasteiger partial charge in [-0.3, -0.25) is 9.59 Å². The topological polar surface area (TPSA) is 114 Å². The van der Waals surface area contributed by atoms with Crippen molar-refractivity contribution in [2.45, 2.75) is 24.7 Å². The van der Waals surface area contributed by atoms with E-state index in [1.165, 1.54) is 30.2 Å². The molecule has 1 amide bonds. The normalized spacial score (nSPS) is 17.4. The summed E-state index contributed by atoms with van der Waals surface area (Å²) in [7, 11) is -0.681. The lowest BCUT2D eigenvalue weighted by Gasteiger charge is -2.31. The molecule has 0 saturated carbocycles. The number of nitrogens with zero attached hydrogens (tertiary/aromatic N) is 5. The van der Waals surface area contributed by atoms with E-state index in [2.05, 4.69) is 4.99 Å². The monoisotopic (exact) mass is 593 g/mol. The van der Waals surface area contributed by atoms with E-state index in [1.54, 1.807) is 41.9 Å². The average Bonchev–Trinajstić information content (AvgIpc) is 3.57. The molecule has 214 valence electrons. The van der Waals surface area contributed by atoms with Crippen molar-refractivity contribution in [1.29, 1.82) is 0 Å². The summed E-state index contributed by atoms with van der Waals surface area (Å²) in [4.78, 5) is 32.0. The van der Waals surface area contributed by atoms with Gasteiger partial charge in [0.2, 0.25) is 10.0 Å². The van der Waals surface area contributed by atoms with Crippen molar-refractivity contribution in [1.82, 2.24) is 19.0 Å². The molecule has 1 fully saturated rings. The number of piperidine rings is 1. The third-order valence-electron chi connectivity index (χ3n) is 6.93. The van der Waals surface area contributed by atoms with Gasteiger partial charge < -0.3 is 9.64 Å². The van der Waals surface area contributed by atoms with Crippen LogP contribution < -0.4 is 0 Å². The fraction of sp³-hybridized carbons (Fsp3) is 0.310. The standard InChI is InChI=1S/C29H31N5O5S2/c1-4-39-28(36)20-13-15-33(16-14-20)29-30-27(35)25(40-29)18-22-19-34(23-10-6-5-7-11-23)31-26(22)21-9-8-12-24(17-21)41(37,38)32(2)3/h5-12,17-20H,4,13-16H2,1-3H3. The van der Waals surface area contributed by atoms with Gasteiger partial charge in [-0.05, 0) is 61.9 Å². The number of para-hydroxylation sites is 1. The lowest BCUT2D eigenvalue weighted by atomic mass is 9.97. The van der Waals surface area contributed by atoms with E-state index in [4.69, 9.17) is 9.84 Å². The predicted octanol–water partition coefficient (Wildman–Crippen LogP) is 4.04. The lowest BCUT2D eigenvalue weighted by Crippen LogP contribution is -2.39. The number of likely N-dealkylation sites (tertiary alicyclic amines) is 1. The Kier molecular flexibility index (Phi) is 8.43. The van der Waals surface area contributed by atoms with Crippen LogP contribution in [0.4, 0.5) is 0 Å². The third-order valence-corrected chi connectivity index (χ3v) is 9.79. The fourth-order valence-corrected chi connectivity index (χ4v) is 6.59. The number of ether oxygens (including phenoxy) is 1. The Morgan fingerprint density at radius 2 is 1.85 bits per heavy atom. The Morgan fingerprint density at radius 1 is 1.12 bits per heavy atom. The molecule has 3 heterocycles. The zero-order valence-corrected chi connectivity index (χ0v) is 24.7. The molecule has 41 heavy (non-hydrogen) atoms. The number of amides is 1. The first-order valence-electron chi connectivity index (χ1n) is 13.3. The molecule has 0 N–H and O–H groups in total. The summed E-state index contributed by atoms with van der Waals surface area (Å²) in [5.41, 5.74) is 2.62. The van der Waals surface area contributed by atoms with Crippen molar-refractivity contribution >= 4 is 44.9 Å². The van der Waals surface area contributed by atoms with Crippen molar-refractivity contribution in [3.8, 4) is 16.9 Å². The van der Waals surface area contributed by atoms with Gasteiger partial charge in [0.05, 0.1) is 28.0 Å². The molecule has 2 aliphatic heterocycles. The number of esters is 1. The summed E-state index contributed by atoms with van der Waals surface area (Å²) in [6.07, 6.45) is 4.86. The molecule has 0 aliphatic carbocycles. The third kappa shape index (κ3) is 6.14. The Hall–Kier alpha value is -3.74. The molecule has 0 atom stereocenters. The SMILES string of the molecule is CCOC(=O)C1CCN(C2=NC(=O)C(=Cc3cn(-c4ccccc4)nc3-c3cccc(S(=O)(=O)N(C)C)c3)S2)CC1. The highest BCUT2D eigenvalue weighted by Gasteiger charge is 2.32. The van der Waals surface area contributed by atoms with Crippen molar-refractivity contribution in [3.63, 3.8) is 0 Å². The quantitative estimate of drug-likeness (QED) is 0.298. The van der Waals surface area contributed by atoms with Gasteiger partial charge in [0, 0.05) is 44.5 Å². The van der Waals surface area contributed by atoms with Crippen LogP contribution in [0.5, 0.6) is 0 Å². The molecule has 5 rings (SSSR count). The summed E-state index contributed by atoms with van der Waals surface area (Å²) < 4.78 is 33.7. The van der Waals surface area contributed by atoms with E-state index in [0.29, 0.717) is 59.4 Å². The number of hydrogen-bond donors (Lipinski definition) is 0. The zero-order chi connectivity index (χ0) is 29.1. The van der Waals surface area contributed by atoms with Crippen LogP contribution in [0.15, 0.2) is 75.6 Å². The zero-order valence-electron chi connectivity index (χ0n) is 23.1. The minimum absolute atomic E-state index is 0.137. The smallest absolute Gasteiger partial charge is 0.309 e. The van der Waals surface area contributed by atoms with E-state index in [-0.39, 0.29) is 22.7 Å². The van der Waals surface area contributed by atoms with Crippen LogP contribution in [0.1, 0.15) is 25.3 Å². The van der Waals surface area contributed by atoms with Gasteiger partial charge in [0.25, 0.3) is 5.91 Å². The van der Waals surface area contributed by atoms with Crippen LogP contribution in [-0.4, -0.2) is 78.2 Å². The number of aromatic nitrogens is 2. The number of carbonyl (C=O) groups excluding carboxylic acids is 2. The second-order valence-electron chi connectivity index (χ2n) is 9.85. The van der Waals surface area contributed by atoms with Crippen molar-refractivity contribution in [2.24, 2.45) is 10.9 Å². The molecule has 2 aliphatic rings. The van der Waals surface area contributed by atoms with Gasteiger partial charge in [-0.2, -0.15) is 10.1 Å². The highest BCUT2D eigenvalue weighted by Crippen LogP contribution is 2.35. The van der Waals surface area contributed by atoms with E-state index in [1.807, 2.05) is 41.4 Å². The number of amidine groups is 1. The molecule has 12 heteroatoms. The van der Waals surface area contributed by atoms with E-state index >= 15 is 0 Å². The predicted molar refractivity (Wildman–Crippen MR) is 159 cm³/mol. The summed E-state index contributed by atoms with van der Waals surface area (Å²) in [6.45, 7) is 3.39. The Morgan fingerprint density at radius 3 is 2.54 bits per heavy atom. The number of sulfonamides is 1. The molecule has 0 radical (unpaired) electrons. The Bertz CT molecular complexity index is 1620. The highest BCUT2D eigenvalue weighted by atomic mass is 32.2. The summed E-state index contributed by atoms with van der Waals surface area (Å²) in [5.74, 6) is -0.655. The number of rotatable bonds is 7. The number of hydrogen-bond acceptors (Lipinski definition) is 8. The molecular weight excluding hydrogens is 562 g/mol. The second kappa shape index (κ2) is 12.0. The van der Waals surface area contributed by atoms with Crippen LogP contribution in [0.2, 0.25) is 0 Å². The molecule has 1 saturated heterocycles. The molecule has 2 aromatic carbocycles. The second-order valence-corrected chi connectivity index (χ2v) is 13.0. The van der Waals surface area contributed by atoms with Crippen LogP contribution >= 0.6 is 11.8 Å². The number of thioether (sulfide) groups is 1. The van der Waals surface area contributed by atoms with E-state index in [9.17, 15) is 18.0 Å². The molecule has 0 spiro atoms. The van der Waals surface area contributed by atoms with Crippen LogP contribution in [0, 0.1) is 5.92 Å². The highest BCUT2D eigenvalue weighted by molar-refractivity contribution is 8.18. The minimum atomic E-state index is -3.66. The van der Waals surface area contributed by atoms with Crippen LogP contribution in [-0.2, 0) is 24.3 Å². The Balaban J connectivity index is 1.45. The number of benzene rings is 2. The fourth-order valence-electron chi connectivity index (χ4n) is 4.69. The van der Waals surface area contributed by atoms with Gasteiger partial charge in [-0.1, -0.05) is 30.3 Å². The molecular formula is C29H31N5O5S2. The van der Waals surface area contributed by atoms with Crippen molar-refractivity contribution in [3.05, 3.63) is 71.3 Å². The van der Waals surface area contributed by atoms with Crippen LogP contribution in [0.25, 0.3) is 23.0 Å². The largest absolute Gasteiger partial charge is 0.466 e. The first-order valence-corrected chi connectivity index (χ1v) is 15.5. The summed E-state index contributed by atoms with van der Waals surface area (Å²) in [6, 6.07) is 16.2. The number of carbonyl (C=O) groups is 2. The van der Waals surface area contributed by atoms with Crippen LogP contribution in [0.3, 0.4) is 0 Å². The van der Waals surface area contributed by atoms with Gasteiger partial charge in [-0.15, -0.1) is 0 Å².